The summed E-state index contributed by atoms with van der Waals surface area (Å²) in [5, 5.41) is 8.52. The quantitative estimate of drug-likeness (QED) is 0.834. The lowest BCUT2D eigenvalue weighted by Gasteiger charge is -2.22. The van der Waals surface area contributed by atoms with Gasteiger partial charge in [-0.05, 0) is 19.1 Å². The van der Waals surface area contributed by atoms with Crippen LogP contribution in [0.4, 0.5) is 5.69 Å². The predicted octanol–water partition coefficient (Wildman–Crippen LogP) is 1.32. The number of benzene rings is 1. The standard InChI is InChI=1S/C11H15NO4S/c1-2-12(10-6-4-3-5-7-10)17(15,16)9-8-11(13)14/h3-7H,2,8-9H2,1H3,(H,13,14). The van der Waals surface area contributed by atoms with Crippen LogP contribution in [0.15, 0.2) is 30.3 Å². The van der Waals surface area contributed by atoms with E-state index in [1.807, 2.05) is 0 Å². The van der Waals surface area contributed by atoms with Gasteiger partial charge in [0.25, 0.3) is 0 Å². The zero-order chi connectivity index (χ0) is 12.9. The Morgan fingerprint density at radius 2 is 1.88 bits per heavy atom. The first-order chi connectivity index (χ1) is 7.97. The number of anilines is 1. The third-order valence-electron chi connectivity index (χ3n) is 2.24. The van der Waals surface area contributed by atoms with E-state index in [1.165, 1.54) is 4.31 Å². The molecule has 5 nitrogen and oxygen atoms in total. The number of sulfonamides is 1. The number of carbonyl (C=O) groups is 1. The Hall–Kier alpha value is -1.56. The Morgan fingerprint density at radius 3 is 2.35 bits per heavy atom. The van der Waals surface area contributed by atoms with Crippen LogP contribution in [0.1, 0.15) is 13.3 Å². The molecule has 17 heavy (non-hydrogen) atoms. The lowest BCUT2D eigenvalue weighted by molar-refractivity contribution is -0.136. The minimum absolute atomic E-state index is 0.284. The van der Waals surface area contributed by atoms with Crippen molar-refractivity contribution in [3.05, 3.63) is 30.3 Å². The lowest BCUT2D eigenvalue weighted by Crippen LogP contribution is -2.33. The van der Waals surface area contributed by atoms with Crippen LogP contribution in [0.25, 0.3) is 0 Å². The van der Waals surface area contributed by atoms with Crippen LogP contribution >= 0.6 is 0 Å². The van der Waals surface area contributed by atoms with Gasteiger partial charge < -0.3 is 5.11 Å². The molecule has 1 aromatic carbocycles. The Labute approximate surface area is 101 Å². The van der Waals surface area contributed by atoms with E-state index >= 15 is 0 Å². The van der Waals surface area contributed by atoms with Gasteiger partial charge in [0.2, 0.25) is 10.0 Å². The van der Waals surface area contributed by atoms with Crippen molar-refractivity contribution in [3.8, 4) is 0 Å². The van der Waals surface area contributed by atoms with E-state index in [0.717, 1.165) is 0 Å². The topological polar surface area (TPSA) is 74.7 Å². The first-order valence-electron chi connectivity index (χ1n) is 5.24. The Morgan fingerprint density at radius 1 is 1.29 bits per heavy atom. The van der Waals surface area contributed by atoms with Crippen LogP contribution in [0, 0.1) is 0 Å². The second-order valence-electron chi connectivity index (χ2n) is 3.46. The van der Waals surface area contributed by atoms with E-state index in [2.05, 4.69) is 0 Å². The van der Waals surface area contributed by atoms with Crippen molar-refractivity contribution in [1.29, 1.82) is 0 Å². The Balaban J connectivity index is 2.91. The number of hydrogen-bond donors (Lipinski definition) is 1. The van der Waals surface area contributed by atoms with E-state index in [-0.39, 0.29) is 18.7 Å². The molecule has 0 aliphatic rings. The molecule has 0 heterocycles. The number of para-hydroxylation sites is 1. The second kappa shape index (κ2) is 5.67. The van der Waals surface area contributed by atoms with E-state index in [0.29, 0.717) is 5.69 Å². The van der Waals surface area contributed by atoms with Gasteiger partial charge in [0, 0.05) is 6.54 Å². The maximum absolute atomic E-state index is 11.9. The van der Waals surface area contributed by atoms with Crippen LogP contribution in [0.5, 0.6) is 0 Å². The van der Waals surface area contributed by atoms with E-state index < -0.39 is 16.0 Å². The smallest absolute Gasteiger partial charge is 0.304 e. The van der Waals surface area contributed by atoms with Crippen LogP contribution in [-0.2, 0) is 14.8 Å². The van der Waals surface area contributed by atoms with Crippen molar-refractivity contribution in [2.24, 2.45) is 0 Å². The molecule has 0 fully saturated rings. The highest BCUT2D eigenvalue weighted by Crippen LogP contribution is 2.17. The summed E-state index contributed by atoms with van der Waals surface area (Å²) in [5.74, 6) is -1.50. The van der Waals surface area contributed by atoms with Gasteiger partial charge in [0.05, 0.1) is 17.9 Å². The highest BCUT2D eigenvalue weighted by atomic mass is 32.2. The van der Waals surface area contributed by atoms with Gasteiger partial charge in [-0.15, -0.1) is 0 Å². The molecule has 1 aromatic rings. The molecule has 0 bridgehead atoms. The van der Waals surface area contributed by atoms with Gasteiger partial charge >= 0.3 is 5.97 Å². The van der Waals surface area contributed by atoms with Crippen molar-refractivity contribution in [2.75, 3.05) is 16.6 Å². The molecule has 0 saturated heterocycles. The minimum Gasteiger partial charge on any atom is -0.481 e. The maximum atomic E-state index is 11.9. The molecule has 1 rings (SSSR count). The molecule has 0 atom stereocenters. The fraction of sp³-hybridized carbons (Fsp3) is 0.364. The molecular weight excluding hydrogens is 242 g/mol. The monoisotopic (exact) mass is 257 g/mol. The van der Waals surface area contributed by atoms with Crippen molar-refractivity contribution >= 4 is 21.7 Å². The van der Waals surface area contributed by atoms with Crippen molar-refractivity contribution < 1.29 is 18.3 Å². The minimum atomic E-state index is -3.57. The van der Waals surface area contributed by atoms with Crippen molar-refractivity contribution in [3.63, 3.8) is 0 Å². The number of rotatable bonds is 6. The summed E-state index contributed by atoms with van der Waals surface area (Å²) in [6.45, 7) is 2.00. The number of carboxylic acid groups (broad SMARTS) is 1. The van der Waals surface area contributed by atoms with Gasteiger partial charge in [0.15, 0.2) is 0 Å². The average molecular weight is 257 g/mol. The summed E-state index contributed by atoms with van der Waals surface area (Å²) in [5.41, 5.74) is 0.556. The molecule has 1 N–H and O–H groups in total. The number of carboxylic acids is 1. The van der Waals surface area contributed by atoms with Gasteiger partial charge in [-0.1, -0.05) is 18.2 Å². The van der Waals surface area contributed by atoms with Crippen LogP contribution in [0.2, 0.25) is 0 Å². The van der Waals surface area contributed by atoms with Crippen molar-refractivity contribution in [1.82, 2.24) is 0 Å². The summed E-state index contributed by atoms with van der Waals surface area (Å²) in [4.78, 5) is 10.4. The molecule has 0 saturated carbocycles. The maximum Gasteiger partial charge on any atom is 0.304 e. The molecule has 0 aromatic heterocycles. The highest BCUT2D eigenvalue weighted by molar-refractivity contribution is 7.92. The van der Waals surface area contributed by atoms with E-state index in [1.54, 1.807) is 37.3 Å². The van der Waals surface area contributed by atoms with Crippen LogP contribution in [-0.4, -0.2) is 31.8 Å². The van der Waals surface area contributed by atoms with Gasteiger partial charge in [-0.25, -0.2) is 8.42 Å². The predicted molar refractivity (Wildman–Crippen MR) is 65.5 cm³/mol. The molecule has 0 aliphatic carbocycles. The highest BCUT2D eigenvalue weighted by Gasteiger charge is 2.21. The first-order valence-corrected chi connectivity index (χ1v) is 6.85. The fourth-order valence-electron chi connectivity index (χ4n) is 1.46. The summed E-state index contributed by atoms with van der Waals surface area (Å²) < 4.78 is 25.1. The number of hydrogen-bond acceptors (Lipinski definition) is 3. The van der Waals surface area contributed by atoms with Gasteiger partial charge in [0.1, 0.15) is 0 Å². The van der Waals surface area contributed by atoms with Gasteiger partial charge in [-0.3, -0.25) is 9.10 Å². The molecular formula is C11H15NO4S. The molecule has 0 spiro atoms. The second-order valence-corrected chi connectivity index (χ2v) is 5.47. The molecule has 0 aliphatic heterocycles. The normalized spacial score (nSPS) is 11.1. The molecule has 0 unspecified atom stereocenters. The van der Waals surface area contributed by atoms with Crippen molar-refractivity contribution in [2.45, 2.75) is 13.3 Å². The zero-order valence-corrected chi connectivity index (χ0v) is 10.4. The largest absolute Gasteiger partial charge is 0.481 e. The third-order valence-corrected chi connectivity index (χ3v) is 4.10. The summed E-state index contributed by atoms with van der Waals surface area (Å²) in [6.07, 6.45) is -0.383. The summed E-state index contributed by atoms with van der Waals surface area (Å²) >= 11 is 0. The summed E-state index contributed by atoms with van der Waals surface area (Å²) in [7, 11) is -3.57. The fourth-order valence-corrected chi connectivity index (χ4v) is 2.95. The zero-order valence-electron chi connectivity index (χ0n) is 9.54. The molecule has 6 heteroatoms. The summed E-state index contributed by atoms with van der Waals surface area (Å²) in [6, 6.07) is 8.64. The number of nitrogens with zero attached hydrogens (tertiary/aromatic N) is 1. The molecule has 0 amide bonds. The average Bonchev–Trinajstić information content (AvgIpc) is 2.29. The van der Waals surface area contributed by atoms with E-state index in [9.17, 15) is 13.2 Å². The third kappa shape index (κ3) is 3.74. The lowest BCUT2D eigenvalue weighted by atomic mass is 10.3. The Kier molecular flexibility index (Phi) is 4.51. The molecule has 0 radical (unpaired) electrons. The first kappa shape index (κ1) is 13.5. The Bertz CT molecular complexity index is 470. The molecule has 94 valence electrons. The number of aliphatic carboxylic acids is 1. The van der Waals surface area contributed by atoms with Crippen LogP contribution in [0.3, 0.4) is 0 Å². The van der Waals surface area contributed by atoms with E-state index in [4.69, 9.17) is 5.11 Å². The SMILES string of the molecule is CCN(c1ccccc1)S(=O)(=O)CCC(=O)O. The van der Waals surface area contributed by atoms with Gasteiger partial charge in [-0.2, -0.15) is 0 Å². The van der Waals surface area contributed by atoms with Crippen LogP contribution < -0.4 is 4.31 Å².